The third-order valence-electron chi connectivity index (χ3n) is 7.82. The average molecular weight is 493 g/mol. The van der Waals surface area contributed by atoms with Crippen molar-refractivity contribution in [2.75, 3.05) is 0 Å². The van der Waals surface area contributed by atoms with Crippen molar-refractivity contribution < 1.29 is 0 Å². The zero-order valence-electron chi connectivity index (χ0n) is 20.6. The van der Waals surface area contributed by atoms with Gasteiger partial charge in [0.25, 0.3) is 0 Å². The Balaban J connectivity index is 1.64. The van der Waals surface area contributed by atoms with Crippen molar-refractivity contribution in [3.05, 3.63) is 166 Å². The van der Waals surface area contributed by atoms with Crippen LogP contribution in [-0.2, 0) is 5.41 Å². The molecule has 7 rings (SSSR count). The number of halogens is 1. The largest absolute Gasteiger partial charge is 0.0843 e. The van der Waals surface area contributed by atoms with Crippen molar-refractivity contribution in [2.45, 2.75) is 12.3 Å². The van der Waals surface area contributed by atoms with E-state index in [0.29, 0.717) is 0 Å². The Morgan fingerprint density at radius 1 is 0.541 bits per heavy atom. The zero-order valence-corrected chi connectivity index (χ0v) is 21.3. The molecular weight excluding hydrogens is 468 g/mol. The molecule has 0 atom stereocenters. The Labute approximate surface area is 222 Å². The van der Waals surface area contributed by atoms with Crippen LogP contribution in [0.4, 0.5) is 0 Å². The van der Waals surface area contributed by atoms with E-state index in [1.165, 1.54) is 49.7 Å². The van der Waals surface area contributed by atoms with Crippen LogP contribution in [0.5, 0.6) is 0 Å². The van der Waals surface area contributed by atoms with Crippen molar-refractivity contribution in [3.63, 3.8) is 0 Å². The van der Waals surface area contributed by atoms with E-state index in [0.717, 1.165) is 16.1 Å². The molecular formula is C36H25Cl. The monoisotopic (exact) mass is 492 g/mol. The highest BCUT2D eigenvalue weighted by atomic mass is 35.5. The van der Waals surface area contributed by atoms with Gasteiger partial charge in [0.2, 0.25) is 0 Å². The molecule has 0 aromatic heterocycles. The molecule has 176 valence electrons. The van der Waals surface area contributed by atoms with Gasteiger partial charge in [-0.15, -0.1) is 0 Å². The van der Waals surface area contributed by atoms with Crippen LogP contribution >= 0.6 is 11.6 Å². The topological polar surface area (TPSA) is 0 Å². The standard InChI is InChI=1S/C36H25Cl/c1-24-20-27(22-30(37)21-24)26-17-18-33-32(23-26)35-31-15-9-8-10-25(31)16-19-34(35)36(33,28-11-4-2-5-12-28)29-13-6-3-7-14-29/h2-23H,1H3. The molecule has 0 aliphatic heterocycles. The Morgan fingerprint density at radius 2 is 1.19 bits per heavy atom. The van der Waals surface area contributed by atoms with Gasteiger partial charge in [0.1, 0.15) is 0 Å². The van der Waals surface area contributed by atoms with Gasteiger partial charge in [-0.05, 0) is 86.0 Å². The van der Waals surface area contributed by atoms with Gasteiger partial charge in [-0.1, -0.05) is 127 Å². The van der Waals surface area contributed by atoms with E-state index in [9.17, 15) is 0 Å². The molecule has 0 spiro atoms. The molecule has 0 radical (unpaired) electrons. The summed E-state index contributed by atoms with van der Waals surface area (Å²) in [6.07, 6.45) is 0. The van der Waals surface area contributed by atoms with Crippen LogP contribution in [0.3, 0.4) is 0 Å². The summed E-state index contributed by atoms with van der Waals surface area (Å²) in [6.45, 7) is 2.10. The molecule has 6 aromatic carbocycles. The Morgan fingerprint density at radius 3 is 1.89 bits per heavy atom. The van der Waals surface area contributed by atoms with E-state index in [-0.39, 0.29) is 0 Å². The molecule has 1 heteroatoms. The fourth-order valence-corrected chi connectivity index (χ4v) is 6.63. The van der Waals surface area contributed by atoms with Crippen LogP contribution in [0.1, 0.15) is 27.8 Å². The van der Waals surface area contributed by atoms with Crippen LogP contribution in [0.15, 0.2) is 133 Å². The molecule has 37 heavy (non-hydrogen) atoms. The average Bonchev–Trinajstić information content (AvgIpc) is 3.24. The zero-order chi connectivity index (χ0) is 25.0. The third-order valence-corrected chi connectivity index (χ3v) is 8.03. The van der Waals surface area contributed by atoms with Gasteiger partial charge in [-0.2, -0.15) is 0 Å². The number of benzene rings is 6. The first-order chi connectivity index (χ1) is 18.2. The van der Waals surface area contributed by atoms with Crippen LogP contribution < -0.4 is 0 Å². The highest BCUT2D eigenvalue weighted by molar-refractivity contribution is 6.31. The van der Waals surface area contributed by atoms with Crippen molar-refractivity contribution in [3.8, 4) is 22.3 Å². The molecule has 0 nitrogen and oxygen atoms in total. The first kappa shape index (κ1) is 22.1. The number of fused-ring (bicyclic) bond motifs is 5. The SMILES string of the molecule is Cc1cc(Cl)cc(-c2ccc3c(c2)-c2c(ccc4ccccc24)C3(c2ccccc2)c2ccccc2)c1. The summed E-state index contributed by atoms with van der Waals surface area (Å²) < 4.78 is 0. The van der Waals surface area contributed by atoms with Crippen molar-refractivity contribution >= 4 is 22.4 Å². The van der Waals surface area contributed by atoms with Crippen molar-refractivity contribution in [1.82, 2.24) is 0 Å². The predicted molar refractivity (Wildman–Crippen MR) is 156 cm³/mol. The first-order valence-electron chi connectivity index (χ1n) is 12.7. The summed E-state index contributed by atoms with van der Waals surface area (Å²) in [7, 11) is 0. The molecule has 0 saturated carbocycles. The van der Waals surface area contributed by atoms with Crippen LogP contribution in [0.2, 0.25) is 5.02 Å². The smallest absolute Gasteiger partial charge is 0.0713 e. The van der Waals surface area contributed by atoms with E-state index >= 15 is 0 Å². The van der Waals surface area contributed by atoms with Gasteiger partial charge in [0.05, 0.1) is 5.41 Å². The second-order valence-electron chi connectivity index (χ2n) is 9.97. The van der Waals surface area contributed by atoms with E-state index in [1.54, 1.807) is 0 Å². The maximum Gasteiger partial charge on any atom is 0.0713 e. The maximum atomic E-state index is 6.48. The molecule has 0 N–H and O–H groups in total. The summed E-state index contributed by atoms with van der Waals surface area (Å²) >= 11 is 6.48. The van der Waals surface area contributed by atoms with E-state index in [4.69, 9.17) is 11.6 Å². The molecule has 0 heterocycles. The van der Waals surface area contributed by atoms with Gasteiger partial charge >= 0.3 is 0 Å². The summed E-state index contributed by atoms with van der Waals surface area (Å²) in [6, 6.07) is 48.6. The number of hydrogen-bond donors (Lipinski definition) is 0. The van der Waals surface area contributed by atoms with Gasteiger partial charge < -0.3 is 0 Å². The van der Waals surface area contributed by atoms with Crippen molar-refractivity contribution in [1.29, 1.82) is 0 Å². The minimum absolute atomic E-state index is 0.403. The van der Waals surface area contributed by atoms with Gasteiger partial charge in [0.15, 0.2) is 0 Å². The van der Waals surface area contributed by atoms with Gasteiger partial charge in [0, 0.05) is 5.02 Å². The summed E-state index contributed by atoms with van der Waals surface area (Å²) in [5.74, 6) is 0. The first-order valence-corrected chi connectivity index (χ1v) is 13.1. The highest BCUT2D eigenvalue weighted by Gasteiger charge is 2.46. The Kier molecular flexibility index (Phi) is 5.06. The van der Waals surface area contributed by atoms with Gasteiger partial charge in [-0.3, -0.25) is 0 Å². The number of hydrogen-bond acceptors (Lipinski definition) is 0. The minimum Gasteiger partial charge on any atom is -0.0843 e. The van der Waals surface area contributed by atoms with E-state index in [1.807, 2.05) is 6.07 Å². The summed E-state index contributed by atoms with van der Waals surface area (Å²) in [5.41, 5.74) is 10.9. The molecule has 0 saturated heterocycles. The predicted octanol–water partition coefficient (Wildman–Crippen LogP) is 9.83. The molecule has 0 bridgehead atoms. The quantitative estimate of drug-likeness (QED) is 0.230. The number of rotatable bonds is 3. The Bertz CT molecular complexity index is 1720. The summed E-state index contributed by atoms with van der Waals surface area (Å²) in [5, 5.41) is 3.31. The van der Waals surface area contributed by atoms with Gasteiger partial charge in [-0.25, -0.2) is 0 Å². The lowest BCUT2D eigenvalue weighted by Crippen LogP contribution is -2.28. The van der Waals surface area contributed by atoms with Crippen LogP contribution in [0.25, 0.3) is 33.0 Å². The van der Waals surface area contributed by atoms with E-state index < -0.39 is 5.41 Å². The van der Waals surface area contributed by atoms with Crippen LogP contribution in [0, 0.1) is 6.92 Å². The molecule has 1 aliphatic carbocycles. The highest BCUT2D eigenvalue weighted by Crippen LogP contribution is 2.58. The second-order valence-corrected chi connectivity index (χ2v) is 10.4. The summed E-state index contributed by atoms with van der Waals surface area (Å²) in [4.78, 5) is 0. The second kappa shape index (κ2) is 8.47. The fourth-order valence-electron chi connectivity index (χ4n) is 6.34. The van der Waals surface area contributed by atoms with Crippen molar-refractivity contribution in [2.24, 2.45) is 0 Å². The number of aryl methyl sites for hydroxylation is 1. The molecule has 0 fully saturated rings. The van der Waals surface area contributed by atoms with E-state index in [2.05, 4.69) is 134 Å². The fraction of sp³-hybridized carbons (Fsp3) is 0.0556. The Hall–Kier alpha value is -4.13. The lowest BCUT2D eigenvalue weighted by molar-refractivity contribution is 0.769. The molecule has 1 aliphatic rings. The normalized spacial score (nSPS) is 13.4. The molecule has 0 unspecified atom stereocenters. The van der Waals surface area contributed by atoms with Crippen LogP contribution in [-0.4, -0.2) is 0 Å². The lowest BCUT2D eigenvalue weighted by Gasteiger charge is -2.34. The third kappa shape index (κ3) is 3.30. The molecule has 0 amide bonds. The maximum absolute atomic E-state index is 6.48. The molecule has 6 aromatic rings. The minimum atomic E-state index is -0.403. The lowest BCUT2D eigenvalue weighted by atomic mass is 9.67.